The molecule has 0 bridgehead atoms. The Balaban J connectivity index is 2.86. The molecule has 0 aliphatic heterocycles. The lowest BCUT2D eigenvalue weighted by Gasteiger charge is -1.99. The first-order chi connectivity index (χ1) is 5.77. The lowest BCUT2D eigenvalue weighted by molar-refractivity contribution is 1.29. The van der Waals surface area contributed by atoms with E-state index in [1.807, 2.05) is 24.4 Å². The fourth-order valence-electron chi connectivity index (χ4n) is 1.13. The molecule has 1 aromatic heterocycles. The van der Waals surface area contributed by atoms with E-state index in [9.17, 15) is 0 Å². The normalized spacial score (nSPS) is 10.5. The van der Waals surface area contributed by atoms with Crippen molar-refractivity contribution in [2.75, 3.05) is 0 Å². The fraction of sp³-hybridized carbons (Fsp3) is 0. The molecule has 0 radical (unpaired) electrons. The van der Waals surface area contributed by atoms with E-state index in [0.29, 0.717) is 0 Å². The Kier molecular flexibility index (Phi) is 2.07. The van der Waals surface area contributed by atoms with Gasteiger partial charge in [-0.1, -0.05) is 22.0 Å². The Labute approximate surface area is 84.4 Å². The zero-order valence-corrected chi connectivity index (χ0v) is 8.64. The molecule has 3 heteroatoms. The summed E-state index contributed by atoms with van der Waals surface area (Å²) in [4.78, 5) is 4.97. The molecule has 0 aliphatic rings. The van der Waals surface area contributed by atoms with Gasteiger partial charge in [-0.3, -0.25) is 4.98 Å². The molecule has 0 spiro atoms. The molecule has 0 fully saturated rings. The number of pyridine rings is 1. The van der Waals surface area contributed by atoms with Crippen LogP contribution in [0.4, 0.5) is 0 Å². The Morgan fingerprint density at radius 2 is 2.08 bits per heavy atom. The van der Waals surface area contributed by atoms with Gasteiger partial charge in [0.05, 0.1) is 0 Å². The maximum atomic E-state index is 4.31. The maximum Gasteiger partial charge on any atom is 0.0407 e. The molecular weight excluding hydrogens is 234 g/mol. The summed E-state index contributed by atoms with van der Waals surface area (Å²) in [6, 6.07) is 6.06. The summed E-state index contributed by atoms with van der Waals surface area (Å²) in [5.74, 6) is 0. The van der Waals surface area contributed by atoms with Crippen molar-refractivity contribution in [3.8, 4) is 0 Å². The van der Waals surface area contributed by atoms with E-state index in [2.05, 4.69) is 33.5 Å². The van der Waals surface area contributed by atoms with Crippen LogP contribution in [0.15, 0.2) is 40.0 Å². The van der Waals surface area contributed by atoms with Crippen LogP contribution in [0.1, 0.15) is 0 Å². The van der Waals surface area contributed by atoms with Crippen molar-refractivity contribution in [2.45, 2.75) is 4.90 Å². The van der Waals surface area contributed by atoms with Crippen molar-refractivity contribution in [1.29, 1.82) is 0 Å². The third-order valence-corrected chi connectivity index (χ3v) is 2.55. The highest BCUT2D eigenvalue weighted by Gasteiger charge is 1.97. The minimum Gasteiger partial charge on any atom is -0.263 e. The molecule has 2 rings (SSSR count). The van der Waals surface area contributed by atoms with Gasteiger partial charge in [0.25, 0.3) is 0 Å². The third-order valence-electron chi connectivity index (χ3n) is 1.70. The number of thiol groups is 1. The molecule has 60 valence electrons. The number of rotatable bonds is 0. The van der Waals surface area contributed by atoms with Gasteiger partial charge in [0, 0.05) is 27.1 Å². The third kappa shape index (κ3) is 1.34. The summed E-state index contributed by atoms with van der Waals surface area (Å²) in [6.07, 6.45) is 3.58. The summed E-state index contributed by atoms with van der Waals surface area (Å²) in [5, 5.41) is 2.24. The molecule has 2 aromatic rings. The molecule has 0 saturated heterocycles. The maximum absolute atomic E-state index is 4.31. The van der Waals surface area contributed by atoms with Gasteiger partial charge < -0.3 is 0 Å². The highest BCUT2D eigenvalue weighted by atomic mass is 79.9. The van der Waals surface area contributed by atoms with Crippen LogP contribution < -0.4 is 0 Å². The van der Waals surface area contributed by atoms with Crippen LogP contribution in [0.3, 0.4) is 0 Å². The molecular formula is C9H6BrNS. The molecule has 0 amide bonds. The van der Waals surface area contributed by atoms with Gasteiger partial charge in [0.1, 0.15) is 0 Å². The van der Waals surface area contributed by atoms with Crippen LogP contribution in [0.25, 0.3) is 10.8 Å². The van der Waals surface area contributed by atoms with Gasteiger partial charge in [0.15, 0.2) is 0 Å². The van der Waals surface area contributed by atoms with E-state index in [-0.39, 0.29) is 0 Å². The largest absolute Gasteiger partial charge is 0.263 e. The summed E-state index contributed by atoms with van der Waals surface area (Å²) < 4.78 is 1.07. The molecule has 0 saturated carbocycles. The lowest BCUT2D eigenvalue weighted by atomic mass is 10.2. The van der Waals surface area contributed by atoms with Crippen LogP contribution in [0.5, 0.6) is 0 Å². The molecule has 0 unspecified atom stereocenters. The second-order valence-electron chi connectivity index (χ2n) is 2.52. The smallest absolute Gasteiger partial charge is 0.0407 e. The van der Waals surface area contributed by atoms with Gasteiger partial charge in [0.2, 0.25) is 0 Å². The number of nitrogens with zero attached hydrogens (tertiary/aromatic N) is 1. The number of benzene rings is 1. The highest BCUT2D eigenvalue weighted by Crippen LogP contribution is 2.23. The molecule has 12 heavy (non-hydrogen) atoms. The quantitative estimate of drug-likeness (QED) is 0.697. The van der Waals surface area contributed by atoms with Crippen molar-refractivity contribution >= 4 is 39.3 Å². The van der Waals surface area contributed by atoms with Crippen molar-refractivity contribution in [3.05, 3.63) is 35.1 Å². The predicted octanol–water partition coefficient (Wildman–Crippen LogP) is 3.29. The van der Waals surface area contributed by atoms with Crippen LogP contribution in [0, 0.1) is 0 Å². The second kappa shape index (κ2) is 3.07. The molecule has 1 nitrogen and oxygen atoms in total. The predicted molar refractivity (Wildman–Crippen MR) is 56.7 cm³/mol. The van der Waals surface area contributed by atoms with Crippen molar-refractivity contribution in [2.24, 2.45) is 0 Å². The summed E-state index contributed by atoms with van der Waals surface area (Å²) in [7, 11) is 0. The van der Waals surface area contributed by atoms with E-state index >= 15 is 0 Å². The Morgan fingerprint density at radius 1 is 1.25 bits per heavy atom. The van der Waals surface area contributed by atoms with E-state index in [1.54, 1.807) is 6.20 Å². The zero-order valence-electron chi connectivity index (χ0n) is 6.16. The number of hydrogen-bond donors (Lipinski definition) is 1. The average molecular weight is 240 g/mol. The van der Waals surface area contributed by atoms with E-state index < -0.39 is 0 Å². The number of aromatic nitrogens is 1. The van der Waals surface area contributed by atoms with Crippen LogP contribution in [-0.4, -0.2) is 4.98 Å². The van der Waals surface area contributed by atoms with Crippen LogP contribution in [-0.2, 0) is 0 Å². The van der Waals surface area contributed by atoms with E-state index in [0.717, 1.165) is 20.1 Å². The summed E-state index contributed by atoms with van der Waals surface area (Å²) in [6.45, 7) is 0. The number of hydrogen-bond acceptors (Lipinski definition) is 2. The lowest BCUT2D eigenvalue weighted by Crippen LogP contribution is -1.77. The molecule has 0 N–H and O–H groups in total. The number of fused-ring (bicyclic) bond motifs is 1. The topological polar surface area (TPSA) is 12.9 Å². The monoisotopic (exact) mass is 239 g/mol. The standard InChI is InChI=1S/C9H6BrNS/c10-7-1-2-8-6(3-7)4-11-5-9(8)12/h1-5,12H. The van der Waals surface area contributed by atoms with Crippen molar-refractivity contribution in [3.63, 3.8) is 0 Å². The number of halogens is 1. The van der Waals surface area contributed by atoms with Crippen molar-refractivity contribution < 1.29 is 0 Å². The molecule has 0 aliphatic carbocycles. The van der Waals surface area contributed by atoms with E-state index in [4.69, 9.17) is 0 Å². The van der Waals surface area contributed by atoms with E-state index in [1.165, 1.54) is 0 Å². The second-order valence-corrected chi connectivity index (χ2v) is 3.92. The van der Waals surface area contributed by atoms with Gasteiger partial charge in [-0.2, -0.15) is 0 Å². The highest BCUT2D eigenvalue weighted by molar-refractivity contribution is 9.10. The summed E-state index contributed by atoms with van der Waals surface area (Å²) >= 11 is 7.71. The Bertz CT molecular complexity index is 428. The minimum atomic E-state index is 0.917. The fourth-order valence-corrected chi connectivity index (χ4v) is 1.78. The van der Waals surface area contributed by atoms with Gasteiger partial charge in [-0.05, 0) is 17.5 Å². The van der Waals surface area contributed by atoms with Crippen LogP contribution >= 0.6 is 28.6 Å². The first kappa shape index (κ1) is 8.08. The Hall–Kier alpha value is -0.540. The van der Waals surface area contributed by atoms with Crippen LogP contribution in [0.2, 0.25) is 0 Å². The SMILES string of the molecule is Sc1cncc2cc(Br)ccc12. The van der Waals surface area contributed by atoms with Gasteiger partial charge >= 0.3 is 0 Å². The first-order valence-electron chi connectivity index (χ1n) is 3.49. The Morgan fingerprint density at radius 3 is 2.92 bits per heavy atom. The first-order valence-corrected chi connectivity index (χ1v) is 4.73. The molecule has 1 aromatic carbocycles. The molecule has 0 atom stereocenters. The zero-order chi connectivity index (χ0) is 8.55. The summed E-state index contributed by atoms with van der Waals surface area (Å²) in [5.41, 5.74) is 0. The minimum absolute atomic E-state index is 0.917. The average Bonchev–Trinajstić information content (AvgIpc) is 2.04. The van der Waals surface area contributed by atoms with Gasteiger partial charge in [-0.25, -0.2) is 0 Å². The van der Waals surface area contributed by atoms with Crippen molar-refractivity contribution in [1.82, 2.24) is 4.98 Å². The molecule has 1 heterocycles. The van der Waals surface area contributed by atoms with Gasteiger partial charge in [-0.15, -0.1) is 12.6 Å².